The number of fused-ring (bicyclic) bond motifs is 2. The van der Waals surface area contributed by atoms with Crippen LogP contribution in [-0.2, 0) is 0 Å². The Balaban J connectivity index is 1.68. The van der Waals surface area contributed by atoms with Gasteiger partial charge in [-0.3, -0.25) is 0 Å². The molecule has 3 heterocycles. The van der Waals surface area contributed by atoms with E-state index in [-0.39, 0.29) is 0 Å². The van der Waals surface area contributed by atoms with E-state index in [1.807, 2.05) is 13.0 Å². The maximum absolute atomic E-state index is 5.15. The van der Waals surface area contributed by atoms with Crippen molar-refractivity contribution in [1.82, 2.24) is 10.5 Å². The number of hydrogen-bond acceptors (Lipinski definition) is 3. The Morgan fingerprint density at radius 2 is 2.47 bits per heavy atom. The molecule has 0 amide bonds. The molecule has 2 saturated heterocycles. The summed E-state index contributed by atoms with van der Waals surface area (Å²) in [6.07, 6.45) is 8.31. The van der Waals surface area contributed by atoms with Gasteiger partial charge in [-0.05, 0) is 38.2 Å². The molecule has 3 heteroatoms. The van der Waals surface area contributed by atoms with Gasteiger partial charge in [0.05, 0.1) is 5.69 Å². The Morgan fingerprint density at radius 1 is 1.53 bits per heavy atom. The standard InChI is InChI=1S/C12H16N2O/c1-8-6-11(15-14-8)4-2-9-7-10-3-5-12(9)13-10/h2,4,6,9-10,12-13H,3,5,7H2,1H3/b4-2+. The zero-order valence-electron chi connectivity index (χ0n) is 8.94. The Hall–Kier alpha value is -1.09. The highest BCUT2D eigenvalue weighted by Gasteiger charge is 2.37. The van der Waals surface area contributed by atoms with Gasteiger partial charge in [-0.1, -0.05) is 11.2 Å². The van der Waals surface area contributed by atoms with E-state index < -0.39 is 0 Å². The molecule has 2 aliphatic heterocycles. The molecule has 3 unspecified atom stereocenters. The zero-order valence-corrected chi connectivity index (χ0v) is 8.94. The summed E-state index contributed by atoms with van der Waals surface area (Å²) in [5, 5.41) is 7.49. The van der Waals surface area contributed by atoms with Crippen molar-refractivity contribution in [1.29, 1.82) is 0 Å². The molecule has 1 aromatic rings. The van der Waals surface area contributed by atoms with E-state index in [4.69, 9.17) is 4.52 Å². The SMILES string of the molecule is Cc1cc(/C=C/C2CC3CCC2N3)on1. The van der Waals surface area contributed by atoms with Crippen LogP contribution in [0.3, 0.4) is 0 Å². The van der Waals surface area contributed by atoms with E-state index in [1.54, 1.807) is 0 Å². The first-order valence-electron chi connectivity index (χ1n) is 5.69. The fourth-order valence-corrected chi connectivity index (χ4v) is 2.76. The number of nitrogens with zero attached hydrogens (tertiary/aromatic N) is 1. The van der Waals surface area contributed by atoms with Crippen molar-refractivity contribution in [3.05, 3.63) is 23.6 Å². The third-order valence-corrected chi connectivity index (χ3v) is 3.50. The smallest absolute Gasteiger partial charge is 0.159 e. The molecule has 2 aliphatic rings. The summed E-state index contributed by atoms with van der Waals surface area (Å²) in [6.45, 7) is 1.94. The summed E-state index contributed by atoms with van der Waals surface area (Å²) < 4.78 is 5.15. The van der Waals surface area contributed by atoms with E-state index in [9.17, 15) is 0 Å². The van der Waals surface area contributed by atoms with E-state index in [0.717, 1.165) is 17.5 Å². The molecule has 0 aromatic carbocycles. The monoisotopic (exact) mass is 204 g/mol. The summed E-state index contributed by atoms with van der Waals surface area (Å²) in [5.41, 5.74) is 0.945. The predicted octanol–water partition coefficient (Wildman–Crippen LogP) is 2.14. The summed E-state index contributed by atoms with van der Waals surface area (Å²) in [5.74, 6) is 1.56. The van der Waals surface area contributed by atoms with Crippen LogP contribution in [0.4, 0.5) is 0 Å². The fourth-order valence-electron chi connectivity index (χ4n) is 2.76. The number of aromatic nitrogens is 1. The van der Waals surface area contributed by atoms with Gasteiger partial charge < -0.3 is 9.84 Å². The molecule has 80 valence electrons. The van der Waals surface area contributed by atoms with Crippen LogP contribution in [-0.4, -0.2) is 17.2 Å². The van der Waals surface area contributed by atoms with Gasteiger partial charge >= 0.3 is 0 Å². The maximum atomic E-state index is 5.15. The molecule has 0 saturated carbocycles. The molecular formula is C12H16N2O. The van der Waals surface area contributed by atoms with Crippen LogP contribution in [0.25, 0.3) is 6.08 Å². The molecule has 0 radical (unpaired) electrons. The highest BCUT2D eigenvalue weighted by atomic mass is 16.5. The molecule has 0 aliphatic carbocycles. The molecule has 3 nitrogen and oxygen atoms in total. The number of rotatable bonds is 2. The molecule has 0 spiro atoms. The van der Waals surface area contributed by atoms with E-state index in [1.165, 1.54) is 19.3 Å². The molecule has 3 atom stereocenters. The van der Waals surface area contributed by atoms with Crippen molar-refractivity contribution in [3.63, 3.8) is 0 Å². The van der Waals surface area contributed by atoms with Crippen molar-refractivity contribution in [2.24, 2.45) is 5.92 Å². The van der Waals surface area contributed by atoms with Crippen molar-refractivity contribution in [2.75, 3.05) is 0 Å². The van der Waals surface area contributed by atoms with Gasteiger partial charge in [0, 0.05) is 18.2 Å². The second kappa shape index (κ2) is 3.49. The van der Waals surface area contributed by atoms with E-state index in [0.29, 0.717) is 12.0 Å². The first kappa shape index (κ1) is 9.16. The lowest BCUT2D eigenvalue weighted by molar-refractivity contribution is 0.407. The molecule has 2 fully saturated rings. The summed E-state index contributed by atoms with van der Waals surface area (Å²) in [6, 6.07) is 3.44. The number of hydrogen-bond donors (Lipinski definition) is 1. The van der Waals surface area contributed by atoms with Crippen LogP contribution in [0.1, 0.15) is 30.7 Å². The number of aryl methyl sites for hydroxylation is 1. The minimum Gasteiger partial charge on any atom is -0.357 e. The molecule has 3 rings (SSSR count). The van der Waals surface area contributed by atoms with Gasteiger partial charge in [-0.2, -0.15) is 0 Å². The second-order valence-corrected chi connectivity index (χ2v) is 4.68. The van der Waals surface area contributed by atoms with Crippen molar-refractivity contribution in [2.45, 2.75) is 38.3 Å². The van der Waals surface area contributed by atoms with Crippen molar-refractivity contribution >= 4 is 6.08 Å². The molecule has 15 heavy (non-hydrogen) atoms. The lowest BCUT2D eigenvalue weighted by atomic mass is 9.89. The highest BCUT2D eigenvalue weighted by Crippen LogP contribution is 2.34. The summed E-state index contributed by atoms with van der Waals surface area (Å²) in [4.78, 5) is 0. The van der Waals surface area contributed by atoms with Crippen LogP contribution in [0.15, 0.2) is 16.7 Å². The van der Waals surface area contributed by atoms with Gasteiger partial charge in [0.25, 0.3) is 0 Å². The van der Waals surface area contributed by atoms with Crippen LogP contribution < -0.4 is 5.32 Å². The molecule has 2 bridgehead atoms. The Bertz CT molecular complexity index is 383. The minimum absolute atomic E-state index is 0.689. The van der Waals surface area contributed by atoms with Crippen LogP contribution >= 0.6 is 0 Å². The average Bonchev–Trinajstić information content (AvgIpc) is 2.90. The first-order chi connectivity index (χ1) is 7.31. The highest BCUT2D eigenvalue weighted by molar-refractivity contribution is 5.43. The zero-order chi connectivity index (χ0) is 10.3. The molecular weight excluding hydrogens is 188 g/mol. The maximum Gasteiger partial charge on any atom is 0.159 e. The predicted molar refractivity (Wildman–Crippen MR) is 58.3 cm³/mol. The molecule has 1 N–H and O–H groups in total. The van der Waals surface area contributed by atoms with Crippen LogP contribution in [0.5, 0.6) is 0 Å². The van der Waals surface area contributed by atoms with Gasteiger partial charge in [0.1, 0.15) is 0 Å². The van der Waals surface area contributed by atoms with Crippen LogP contribution in [0.2, 0.25) is 0 Å². The second-order valence-electron chi connectivity index (χ2n) is 4.68. The summed E-state index contributed by atoms with van der Waals surface area (Å²) >= 11 is 0. The third kappa shape index (κ3) is 1.72. The summed E-state index contributed by atoms with van der Waals surface area (Å²) in [7, 11) is 0. The van der Waals surface area contributed by atoms with Crippen LogP contribution in [0, 0.1) is 12.8 Å². The normalized spacial score (nSPS) is 34.3. The van der Waals surface area contributed by atoms with Crippen molar-refractivity contribution in [3.8, 4) is 0 Å². The minimum atomic E-state index is 0.689. The largest absolute Gasteiger partial charge is 0.357 e. The Morgan fingerprint density at radius 3 is 3.07 bits per heavy atom. The quantitative estimate of drug-likeness (QED) is 0.802. The van der Waals surface area contributed by atoms with E-state index >= 15 is 0 Å². The lowest BCUT2D eigenvalue weighted by Crippen LogP contribution is -2.21. The topological polar surface area (TPSA) is 38.1 Å². The third-order valence-electron chi connectivity index (χ3n) is 3.50. The van der Waals surface area contributed by atoms with Gasteiger partial charge in [0.15, 0.2) is 5.76 Å². The van der Waals surface area contributed by atoms with Gasteiger partial charge in [0.2, 0.25) is 0 Å². The van der Waals surface area contributed by atoms with Gasteiger partial charge in [-0.25, -0.2) is 0 Å². The lowest BCUT2D eigenvalue weighted by Gasteiger charge is -2.15. The Kier molecular flexibility index (Phi) is 2.13. The average molecular weight is 204 g/mol. The fraction of sp³-hybridized carbons (Fsp3) is 0.583. The Labute approximate surface area is 89.5 Å². The number of nitrogens with one attached hydrogen (secondary N) is 1. The molecule has 1 aromatic heterocycles. The van der Waals surface area contributed by atoms with Gasteiger partial charge in [-0.15, -0.1) is 0 Å². The van der Waals surface area contributed by atoms with E-state index in [2.05, 4.69) is 22.6 Å². The first-order valence-corrected chi connectivity index (χ1v) is 5.69. The van der Waals surface area contributed by atoms with Crippen molar-refractivity contribution < 1.29 is 4.52 Å².